The molecule has 0 unspecified atom stereocenters. The van der Waals surface area contributed by atoms with Crippen LogP contribution in [0.4, 0.5) is 5.69 Å². The molecular formula is C18H26N4O2. The van der Waals surface area contributed by atoms with Crippen LogP contribution in [0.3, 0.4) is 0 Å². The number of carbonyl (C=O) groups excluding carboxylic acids is 2. The van der Waals surface area contributed by atoms with Crippen LogP contribution in [-0.2, 0) is 9.59 Å². The highest BCUT2D eigenvalue weighted by molar-refractivity contribution is 5.96. The number of nitrogens with one attached hydrogen (secondary N) is 2. The zero-order chi connectivity index (χ0) is 17.2. The highest BCUT2D eigenvalue weighted by Crippen LogP contribution is 2.37. The van der Waals surface area contributed by atoms with Crippen molar-refractivity contribution in [2.24, 2.45) is 0 Å². The summed E-state index contributed by atoms with van der Waals surface area (Å²) in [4.78, 5) is 29.2. The van der Waals surface area contributed by atoms with Gasteiger partial charge in [0.05, 0.1) is 6.67 Å². The number of amides is 2. The Morgan fingerprint density at radius 2 is 1.92 bits per heavy atom. The molecular weight excluding hydrogens is 304 g/mol. The number of piperidine rings is 1. The molecule has 6 heteroatoms. The summed E-state index contributed by atoms with van der Waals surface area (Å²) >= 11 is 0. The van der Waals surface area contributed by atoms with Crippen molar-refractivity contribution in [2.45, 2.75) is 38.3 Å². The monoisotopic (exact) mass is 330 g/mol. The van der Waals surface area contributed by atoms with Crippen molar-refractivity contribution >= 4 is 17.5 Å². The lowest BCUT2D eigenvalue weighted by Crippen LogP contribution is -2.56. The summed E-state index contributed by atoms with van der Waals surface area (Å²) in [6, 6.07) is 10.1. The van der Waals surface area contributed by atoms with Crippen LogP contribution in [0.15, 0.2) is 30.3 Å². The van der Waals surface area contributed by atoms with Gasteiger partial charge in [-0.25, -0.2) is 0 Å². The first-order valence-corrected chi connectivity index (χ1v) is 8.65. The van der Waals surface area contributed by atoms with Gasteiger partial charge >= 0.3 is 0 Å². The van der Waals surface area contributed by atoms with Crippen LogP contribution in [0.1, 0.15) is 26.7 Å². The summed E-state index contributed by atoms with van der Waals surface area (Å²) in [6.07, 6.45) is 1.53. The van der Waals surface area contributed by atoms with Crippen LogP contribution in [0.2, 0.25) is 0 Å². The van der Waals surface area contributed by atoms with E-state index >= 15 is 0 Å². The highest BCUT2D eigenvalue weighted by atomic mass is 16.2. The summed E-state index contributed by atoms with van der Waals surface area (Å²) < 4.78 is 0. The van der Waals surface area contributed by atoms with E-state index in [1.165, 1.54) is 0 Å². The molecule has 1 aromatic rings. The molecule has 0 bridgehead atoms. The second kappa shape index (κ2) is 6.81. The Hall–Kier alpha value is -2.08. The van der Waals surface area contributed by atoms with Crippen LogP contribution in [0.25, 0.3) is 0 Å². The second-order valence-electron chi connectivity index (χ2n) is 6.91. The molecule has 1 spiro atoms. The Balaban J connectivity index is 1.85. The van der Waals surface area contributed by atoms with E-state index in [1.807, 2.05) is 44.2 Å². The van der Waals surface area contributed by atoms with E-state index in [2.05, 4.69) is 15.5 Å². The minimum absolute atomic E-state index is 0.0757. The van der Waals surface area contributed by atoms with Crippen LogP contribution in [0, 0.1) is 0 Å². The van der Waals surface area contributed by atoms with Crippen molar-refractivity contribution in [2.75, 3.05) is 31.2 Å². The number of para-hydroxylation sites is 1. The summed E-state index contributed by atoms with van der Waals surface area (Å²) in [5.74, 6) is -0.0240. The molecule has 2 aliphatic heterocycles. The fraction of sp³-hybridized carbons (Fsp3) is 0.556. The van der Waals surface area contributed by atoms with Gasteiger partial charge in [0.15, 0.2) is 0 Å². The van der Waals surface area contributed by atoms with Crippen molar-refractivity contribution in [3.05, 3.63) is 30.3 Å². The lowest BCUT2D eigenvalue weighted by Gasteiger charge is -2.40. The zero-order valence-electron chi connectivity index (χ0n) is 14.4. The van der Waals surface area contributed by atoms with Gasteiger partial charge in [0.25, 0.3) is 0 Å². The van der Waals surface area contributed by atoms with Gasteiger partial charge in [0.2, 0.25) is 11.8 Å². The second-order valence-corrected chi connectivity index (χ2v) is 6.91. The molecule has 0 aliphatic carbocycles. The maximum Gasteiger partial charge on any atom is 0.250 e. The standard InChI is InChI=1S/C18H26N4O2/c1-14(2)20-16(23)12-21-13-22(15-6-4-3-5-7-15)18(17(21)24)8-10-19-11-9-18/h3-7,14,19H,8-13H2,1-2H3,(H,20,23). The maximum atomic E-state index is 13.2. The minimum atomic E-state index is -0.523. The largest absolute Gasteiger partial charge is 0.352 e. The molecule has 0 radical (unpaired) electrons. The average Bonchev–Trinajstić information content (AvgIpc) is 2.82. The molecule has 2 heterocycles. The SMILES string of the molecule is CC(C)NC(=O)CN1CN(c2ccccc2)C2(CCNCC2)C1=O. The summed E-state index contributed by atoms with van der Waals surface area (Å²) in [5.41, 5.74) is 0.518. The molecule has 24 heavy (non-hydrogen) atoms. The fourth-order valence-electron chi connectivity index (χ4n) is 3.70. The molecule has 2 aliphatic rings. The van der Waals surface area contributed by atoms with Crippen molar-refractivity contribution in [1.82, 2.24) is 15.5 Å². The van der Waals surface area contributed by atoms with E-state index in [-0.39, 0.29) is 24.4 Å². The van der Waals surface area contributed by atoms with E-state index in [1.54, 1.807) is 4.90 Å². The molecule has 0 aromatic heterocycles. The molecule has 0 atom stereocenters. The number of benzene rings is 1. The number of nitrogens with zero attached hydrogens (tertiary/aromatic N) is 2. The third-order valence-corrected chi connectivity index (χ3v) is 4.80. The van der Waals surface area contributed by atoms with Gasteiger partial charge in [-0.2, -0.15) is 0 Å². The van der Waals surface area contributed by atoms with Gasteiger partial charge in [-0.1, -0.05) is 18.2 Å². The summed E-state index contributed by atoms with van der Waals surface area (Å²) in [6.45, 7) is 6.08. The Morgan fingerprint density at radius 1 is 1.25 bits per heavy atom. The van der Waals surface area contributed by atoms with Crippen LogP contribution < -0.4 is 15.5 Å². The molecule has 6 nitrogen and oxygen atoms in total. The van der Waals surface area contributed by atoms with Crippen LogP contribution in [-0.4, -0.2) is 54.6 Å². The first-order chi connectivity index (χ1) is 11.5. The van der Waals surface area contributed by atoms with Gasteiger partial charge in [-0.3, -0.25) is 9.59 Å². The van der Waals surface area contributed by atoms with Crippen molar-refractivity contribution in [3.63, 3.8) is 0 Å². The van der Waals surface area contributed by atoms with E-state index in [4.69, 9.17) is 0 Å². The molecule has 2 saturated heterocycles. The normalized spacial score (nSPS) is 20.0. The van der Waals surface area contributed by atoms with Crippen molar-refractivity contribution < 1.29 is 9.59 Å². The van der Waals surface area contributed by atoms with Gasteiger partial charge in [-0.05, 0) is 51.9 Å². The smallest absolute Gasteiger partial charge is 0.250 e. The Bertz CT molecular complexity index is 596. The first-order valence-electron chi connectivity index (χ1n) is 8.65. The summed E-state index contributed by atoms with van der Waals surface area (Å²) in [7, 11) is 0. The Morgan fingerprint density at radius 3 is 2.54 bits per heavy atom. The predicted octanol–water partition coefficient (Wildman–Crippen LogP) is 0.939. The van der Waals surface area contributed by atoms with E-state index in [0.717, 1.165) is 31.6 Å². The molecule has 3 rings (SSSR count). The minimum Gasteiger partial charge on any atom is -0.352 e. The van der Waals surface area contributed by atoms with E-state index in [0.29, 0.717) is 6.67 Å². The highest BCUT2D eigenvalue weighted by Gasteiger charge is 2.52. The Kier molecular flexibility index (Phi) is 4.76. The number of anilines is 1. The van der Waals surface area contributed by atoms with Crippen LogP contribution in [0.5, 0.6) is 0 Å². The molecule has 2 fully saturated rings. The molecule has 2 amide bonds. The van der Waals surface area contributed by atoms with Gasteiger partial charge in [0.1, 0.15) is 12.1 Å². The van der Waals surface area contributed by atoms with E-state index < -0.39 is 5.54 Å². The predicted molar refractivity (Wildman–Crippen MR) is 93.6 cm³/mol. The Labute approximate surface area is 143 Å². The van der Waals surface area contributed by atoms with Gasteiger partial charge < -0.3 is 20.4 Å². The molecule has 1 aromatic carbocycles. The first kappa shape index (κ1) is 16.8. The molecule has 130 valence electrons. The average molecular weight is 330 g/mol. The van der Waals surface area contributed by atoms with Gasteiger partial charge in [-0.15, -0.1) is 0 Å². The zero-order valence-corrected chi connectivity index (χ0v) is 14.4. The van der Waals surface area contributed by atoms with Crippen molar-refractivity contribution in [3.8, 4) is 0 Å². The van der Waals surface area contributed by atoms with Crippen LogP contribution >= 0.6 is 0 Å². The summed E-state index contributed by atoms with van der Waals surface area (Å²) in [5, 5.41) is 6.21. The number of hydrogen-bond acceptors (Lipinski definition) is 4. The quantitative estimate of drug-likeness (QED) is 0.862. The lowest BCUT2D eigenvalue weighted by atomic mass is 9.86. The number of carbonyl (C=O) groups is 2. The fourth-order valence-corrected chi connectivity index (χ4v) is 3.70. The number of hydrogen-bond donors (Lipinski definition) is 2. The van der Waals surface area contributed by atoms with Crippen molar-refractivity contribution in [1.29, 1.82) is 0 Å². The lowest BCUT2D eigenvalue weighted by molar-refractivity contribution is -0.136. The topological polar surface area (TPSA) is 64.7 Å². The molecule has 0 saturated carbocycles. The molecule has 2 N–H and O–H groups in total. The number of rotatable bonds is 4. The van der Waals surface area contributed by atoms with Gasteiger partial charge in [0, 0.05) is 11.7 Å². The third kappa shape index (κ3) is 3.11. The maximum absolute atomic E-state index is 13.2. The third-order valence-electron chi connectivity index (χ3n) is 4.80. The van der Waals surface area contributed by atoms with E-state index in [9.17, 15) is 9.59 Å².